The third kappa shape index (κ3) is 10.1. The molecule has 0 spiro atoms. The minimum atomic E-state index is 0.674. The minimum Gasteiger partial charge on any atom is -0.487 e. The van der Waals surface area contributed by atoms with Crippen LogP contribution in [0.2, 0.25) is 6.04 Å². The van der Waals surface area contributed by atoms with Crippen LogP contribution in [-0.2, 0) is 4.74 Å². The summed E-state index contributed by atoms with van der Waals surface area (Å²) in [6.07, 6.45) is 5.23. The molecule has 0 atom stereocenters. The number of hydrogen-bond acceptors (Lipinski definition) is 2. The first-order chi connectivity index (χ1) is 5.27. The van der Waals surface area contributed by atoms with Gasteiger partial charge < -0.3 is 4.74 Å². The van der Waals surface area contributed by atoms with Crippen LogP contribution in [0, 0.1) is 0 Å². The summed E-state index contributed by atoms with van der Waals surface area (Å²) < 4.78 is 5.16. The Morgan fingerprint density at radius 3 is 2.45 bits per heavy atom. The van der Waals surface area contributed by atoms with Gasteiger partial charge in [-0.3, -0.25) is 0 Å². The monoisotopic (exact) mass is 190 g/mol. The highest BCUT2D eigenvalue weighted by atomic mass is 32.1. The van der Waals surface area contributed by atoms with Crippen LogP contribution < -0.4 is 0 Å². The second-order valence-electron chi connectivity index (χ2n) is 2.75. The first-order valence-electron chi connectivity index (χ1n) is 4.40. The molecule has 0 unspecified atom stereocenters. The molecule has 0 heterocycles. The van der Waals surface area contributed by atoms with E-state index in [9.17, 15) is 0 Å². The molecular formula is C8H18OSSi. The van der Waals surface area contributed by atoms with E-state index in [2.05, 4.69) is 0 Å². The van der Waals surface area contributed by atoms with Gasteiger partial charge in [0.15, 0.2) is 5.05 Å². The molecule has 66 valence electrons. The lowest BCUT2D eigenvalue weighted by Gasteiger charge is -2.02. The molecule has 1 nitrogen and oxygen atoms in total. The normalized spacial score (nSPS) is 9.91. The fourth-order valence-electron chi connectivity index (χ4n) is 0.922. The number of ether oxygens (including phenoxy) is 1. The van der Waals surface area contributed by atoms with Crippen LogP contribution in [0.4, 0.5) is 0 Å². The van der Waals surface area contributed by atoms with E-state index < -0.39 is 0 Å². The van der Waals surface area contributed by atoms with Crippen molar-refractivity contribution in [3.05, 3.63) is 0 Å². The zero-order chi connectivity index (χ0) is 8.53. The fourth-order valence-corrected chi connectivity index (χ4v) is 1.50. The van der Waals surface area contributed by atoms with Gasteiger partial charge in [0.1, 0.15) is 0 Å². The van der Waals surface area contributed by atoms with Crippen LogP contribution in [0.3, 0.4) is 0 Å². The molecule has 0 rings (SSSR count). The van der Waals surface area contributed by atoms with Crippen molar-refractivity contribution < 1.29 is 4.74 Å². The van der Waals surface area contributed by atoms with Gasteiger partial charge in [0.2, 0.25) is 0 Å². The van der Waals surface area contributed by atoms with Crippen molar-refractivity contribution in [3.8, 4) is 0 Å². The largest absolute Gasteiger partial charge is 0.487 e. The molecule has 0 aliphatic carbocycles. The Kier molecular flexibility index (Phi) is 8.29. The van der Waals surface area contributed by atoms with Gasteiger partial charge in [0.25, 0.3) is 0 Å². The fraction of sp³-hybridized carbons (Fsp3) is 0.875. The summed E-state index contributed by atoms with van der Waals surface area (Å²) in [6.45, 7) is 2.64. The number of unbranched alkanes of at least 4 members (excludes halogenated alkanes) is 3. The summed E-state index contributed by atoms with van der Waals surface area (Å²) in [6, 6.07) is 1.44. The molecule has 0 fully saturated rings. The highest BCUT2D eigenvalue weighted by molar-refractivity contribution is 7.80. The van der Waals surface area contributed by atoms with Gasteiger partial charge in [0.05, 0.1) is 6.61 Å². The highest BCUT2D eigenvalue weighted by Crippen LogP contribution is 2.01. The van der Waals surface area contributed by atoms with Gasteiger partial charge in [-0.2, -0.15) is 0 Å². The lowest BCUT2D eigenvalue weighted by molar-refractivity contribution is 0.298. The maximum atomic E-state index is 5.16. The number of hydrogen-bond donors (Lipinski definition) is 0. The van der Waals surface area contributed by atoms with Crippen molar-refractivity contribution in [1.29, 1.82) is 0 Å². The Balaban J connectivity index is 2.85. The van der Waals surface area contributed by atoms with Gasteiger partial charge in [-0.05, 0) is 18.6 Å². The molecule has 0 aromatic heterocycles. The van der Waals surface area contributed by atoms with E-state index in [0.717, 1.165) is 13.0 Å². The quantitative estimate of drug-likeness (QED) is 0.358. The van der Waals surface area contributed by atoms with Gasteiger partial charge in [-0.15, -0.1) is 0 Å². The van der Waals surface area contributed by atoms with E-state index >= 15 is 0 Å². The molecule has 11 heavy (non-hydrogen) atoms. The molecule has 0 N–H and O–H groups in total. The number of rotatable bonds is 6. The van der Waals surface area contributed by atoms with Crippen LogP contribution in [-0.4, -0.2) is 21.9 Å². The van der Waals surface area contributed by atoms with Gasteiger partial charge in [-0.25, -0.2) is 0 Å². The van der Waals surface area contributed by atoms with E-state index in [1.807, 2.05) is 6.92 Å². The Hall–Kier alpha value is 0.107. The van der Waals surface area contributed by atoms with Crippen LogP contribution in [0.15, 0.2) is 0 Å². The minimum absolute atomic E-state index is 0.674. The molecule has 0 aromatic rings. The molecule has 3 heteroatoms. The van der Waals surface area contributed by atoms with E-state index in [4.69, 9.17) is 17.0 Å². The molecule has 0 radical (unpaired) electrons. The highest BCUT2D eigenvalue weighted by Gasteiger charge is 1.89. The van der Waals surface area contributed by atoms with Gasteiger partial charge >= 0.3 is 0 Å². The second-order valence-corrected chi connectivity index (χ2v) is 4.33. The van der Waals surface area contributed by atoms with Gasteiger partial charge in [-0.1, -0.05) is 25.3 Å². The summed E-state index contributed by atoms with van der Waals surface area (Å²) >= 11 is 4.78. The Morgan fingerprint density at radius 2 is 1.91 bits per heavy atom. The summed E-state index contributed by atoms with van der Waals surface area (Å²) in [5, 5.41) is 0.674. The van der Waals surface area contributed by atoms with Crippen LogP contribution in [0.25, 0.3) is 0 Å². The summed E-state index contributed by atoms with van der Waals surface area (Å²) in [7, 11) is 1.35. The Morgan fingerprint density at radius 1 is 1.27 bits per heavy atom. The van der Waals surface area contributed by atoms with Crippen molar-refractivity contribution in [2.24, 2.45) is 0 Å². The maximum Gasteiger partial charge on any atom is 0.156 e. The van der Waals surface area contributed by atoms with Crippen molar-refractivity contribution in [2.45, 2.75) is 38.7 Å². The molecule has 0 aliphatic heterocycles. The van der Waals surface area contributed by atoms with Gasteiger partial charge in [0, 0.05) is 17.2 Å². The van der Waals surface area contributed by atoms with Crippen LogP contribution in [0.5, 0.6) is 0 Å². The third-order valence-corrected chi connectivity index (χ3v) is 2.38. The second kappa shape index (κ2) is 8.21. The molecule has 0 bridgehead atoms. The first-order valence-corrected chi connectivity index (χ1v) is 6.23. The molecule has 0 saturated carbocycles. The zero-order valence-corrected chi connectivity index (χ0v) is 10.4. The predicted molar refractivity (Wildman–Crippen MR) is 57.4 cm³/mol. The van der Waals surface area contributed by atoms with Crippen molar-refractivity contribution in [2.75, 3.05) is 6.61 Å². The molecule has 0 saturated heterocycles. The summed E-state index contributed by atoms with van der Waals surface area (Å²) in [5.41, 5.74) is 0. The van der Waals surface area contributed by atoms with Crippen LogP contribution in [0.1, 0.15) is 32.6 Å². The SMILES string of the molecule is CC(=S)OCCCCCC[SiH3]. The van der Waals surface area contributed by atoms with E-state index in [-0.39, 0.29) is 0 Å². The zero-order valence-electron chi connectivity index (χ0n) is 7.56. The average molecular weight is 190 g/mol. The average Bonchev–Trinajstić information content (AvgIpc) is 1.96. The molecule has 0 aromatic carbocycles. The van der Waals surface area contributed by atoms with Crippen molar-refractivity contribution in [3.63, 3.8) is 0 Å². The maximum absolute atomic E-state index is 5.16. The summed E-state index contributed by atoms with van der Waals surface area (Å²) in [5.74, 6) is 0. The van der Waals surface area contributed by atoms with E-state index in [1.54, 1.807) is 0 Å². The first kappa shape index (κ1) is 11.1. The van der Waals surface area contributed by atoms with E-state index in [1.165, 1.54) is 35.5 Å². The van der Waals surface area contributed by atoms with Crippen molar-refractivity contribution in [1.82, 2.24) is 0 Å². The molecule has 0 aliphatic rings. The Labute approximate surface area is 77.9 Å². The molecular weight excluding hydrogens is 172 g/mol. The van der Waals surface area contributed by atoms with E-state index in [0.29, 0.717) is 5.05 Å². The predicted octanol–water partition coefficient (Wildman–Crippen LogP) is 1.69. The molecule has 0 amide bonds. The van der Waals surface area contributed by atoms with Crippen molar-refractivity contribution >= 4 is 27.5 Å². The Bertz CT molecular complexity index is 106. The summed E-state index contributed by atoms with van der Waals surface area (Å²) in [4.78, 5) is 0. The lowest BCUT2D eigenvalue weighted by atomic mass is 10.2. The smallest absolute Gasteiger partial charge is 0.156 e. The van der Waals surface area contributed by atoms with Crippen LogP contribution >= 0.6 is 12.2 Å². The lowest BCUT2D eigenvalue weighted by Crippen LogP contribution is -1.97. The standard InChI is InChI=1S/C8H18OSSi/c1-8(10)9-6-4-2-3-5-7-11/h2-7H2,1,11H3. The third-order valence-electron chi connectivity index (χ3n) is 1.55. The number of thiocarbonyl (C=S) groups is 1. The topological polar surface area (TPSA) is 9.23 Å².